The summed E-state index contributed by atoms with van der Waals surface area (Å²) in [4.78, 5) is 0. The summed E-state index contributed by atoms with van der Waals surface area (Å²) >= 11 is 3.20. The van der Waals surface area contributed by atoms with Crippen LogP contribution in [0, 0.1) is 5.82 Å². The number of hydrogen-bond acceptors (Lipinski definition) is 0. The van der Waals surface area contributed by atoms with E-state index in [9.17, 15) is 4.39 Å². The molecule has 0 fully saturated rings. The topological polar surface area (TPSA) is 0 Å². The molecule has 64 valence electrons. The minimum Gasteiger partial charge on any atom is -0.206 e. The van der Waals surface area contributed by atoms with Crippen LogP contribution in [-0.4, -0.2) is 0 Å². The molecule has 0 aliphatic heterocycles. The Bertz CT molecular complexity index is 281. The van der Waals surface area contributed by atoms with E-state index in [2.05, 4.69) is 22.5 Å². The lowest BCUT2D eigenvalue weighted by atomic mass is 10.1. The van der Waals surface area contributed by atoms with Crippen molar-refractivity contribution < 1.29 is 4.39 Å². The van der Waals surface area contributed by atoms with Gasteiger partial charge < -0.3 is 0 Å². The van der Waals surface area contributed by atoms with E-state index >= 15 is 0 Å². The molecule has 0 N–H and O–H groups in total. The van der Waals surface area contributed by atoms with Crippen LogP contribution >= 0.6 is 15.9 Å². The predicted octanol–water partition coefficient (Wildman–Crippen LogP) is 3.71. The predicted molar refractivity (Wildman–Crippen MR) is 52.6 cm³/mol. The maximum atomic E-state index is 12.9. The van der Waals surface area contributed by atoms with Crippen LogP contribution in [0.2, 0.25) is 0 Å². The standard InChI is InChI=1S/C10H10BrF/c1-2-3-5-8-6-4-7-9(12)10(8)11/h2,4,6-7H,1,3,5H2. The molecule has 0 saturated carbocycles. The van der Waals surface area contributed by atoms with Crippen LogP contribution in [0.25, 0.3) is 0 Å². The molecule has 0 aliphatic rings. The Morgan fingerprint density at radius 2 is 2.25 bits per heavy atom. The average Bonchev–Trinajstić information content (AvgIpc) is 2.08. The van der Waals surface area contributed by atoms with Gasteiger partial charge in [-0.1, -0.05) is 18.2 Å². The number of allylic oxidation sites excluding steroid dienone is 1. The zero-order valence-electron chi connectivity index (χ0n) is 6.69. The van der Waals surface area contributed by atoms with Gasteiger partial charge >= 0.3 is 0 Å². The Balaban J connectivity index is 2.84. The second-order valence-corrected chi connectivity index (χ2v) is 3.33. The highest BCUT2D eigenvalue weighted by atomic mass is 79.9. The van der Waals surface area contributed by atoms with Crippen molar-refractivity contribution in [2.24, 2.45) is 0 Å². The van der Waals surface area contributed by atoms with Gasteiger partial charge in [-0.15, -0.1) is 6.58 Å². The Kier molecular flexibility index (Phi) is 3.48. The molecule has 0 nitrogen and oxygen atoms in total. The van der Waals surface area contributed by atoms with Gasteiger partial charge in [0.15, 0.2) is 0 Å². The average molecular weight is 229 g/mol. The molecular weight excluding hydrogens is 219 g/mol. The zero-order valence-corrected chi connectivity index (χ0v) is 8.27. The third kappa shape index (κ3) is 2.18. The van der Waals surface area contributed by atoms with Gasteiger partial charge in [0.05, 0.1) is 4.47 Å². The fourth-order valence-electron chi connectivity index (χ4n) is 0.999. The Labute approximate surface area is 80.2 Å². The first-order valence-corrected chi connectivity index (χ1v) is 4.59. The monoisotopic (exact) mass is 228 g/mol. The summed E-state index contributed by atoms with van der Waals surface area (Å²) in [5.41, 5.74) is 0.995. The van der Waals surface area contributed by atoms with Crippen molar-refractivity contribution >= 4 is 15.9 Å². The maximum absolute atomic E-state index is 12.9. The van der Waals surface area contributed by atoms with E-state index in [1.807, 2.05) is 12.1 Å². The van der Waals surface area contributed by atoms with Gasteiger partial charge in [0.2, 0.25) is 0 Å². The molecule has 0 unspecified atom stereocenters. The highest BCUT2D eigenvalue weighted by Crippen LogP contribution is 2.21. The maximum Gasteiger partial charge on any atom is 0.137 e. The first-order chi connectivity index (χ1) is 5.75. The van der Waals surface area contributed by atoms with E-state index in [4.69, 9.17) is 0 Å². The van der Waals surface area contributed by atoms with Crippen molar-refractivity contribution in [3.63, 3.8) is 0 Å². The molecule has 0 aliphatic carbocycles. The van der Waals surface area contributed by atoms with E-state index in [-0.39, 0.29) is 5.82 Å². The minimum atomic E-state index is -0.198. The van der Waals surface area contributed by atoms with Crippen LogP contribution in [-0.2, 0) is 6.42 Å². The molecule has 2 heteroatoms. The highest BCUT2D eigenvalue weighted by Gasteiger charge is 2.02. The summed E-state index contributed by atoms with van der Waals surface area (Å²) in [7, 11) is 0. The van der Waals surface area contributed by atoms with E-state index in [1.54, 1.807) is 6.07 Å². The number of aryl methyl sites for hydroxylation is 1. The van der Waals surface area contributed by atoms with Crippen molar-refractivity contribution in [1.82, 2.24) is 0 Å². The Hall–Kier alpha value is -0.630. The first-order valence-electron chi connectivity index (χ1n) is 3.79. The summed E-state index contributed by atoms with van der Waals surface area (Å²) in [6, 6.07) is 5.08. The van der Waals surface area contributed by atoms with Gasteiger partial charge in [-0.05, 0) is 40.4 Å². The van der Waals surface area contributed by atoms with E-state index in [1.165, 1.54) is 6.07 Å². The lowest BCUT2D eigenvalue weighted by Crippen LogP contribution is -1.88. The van der Waals surface area contributed by atoms with E-state index in [0.717, 1.165) is 18.4 Å². The quantitative estimate of drug-likeness (QED) is 0.693. The van der Waals surface area contributed by atoms with E-state index in [0.29, 0.717) is 4.47 Å². The molecule has 0 bridgehead atoms. The largest absolute Gasteiger partial charge is 0.206 e. The lowest BCUT2D eigenvalue weighted by molar-refractivity contribution is 0.618. The van der Waals surface area contributed by atoms with Crippen molar-refractivity contribution in [2.75, 3.05) is 0 Å². The third-order valence-electron chi connectivity index (χ3n) is 1.65. The van der Waals surface area contributed by atoms with Gasteiger partial charge in [-0.3, -0.25) is 0 Å². The molecule has 0 amide bonds. The number of hydrogen-bond donors (Lipinski definition) is 0. The van der Waals surface area contributed by atoms with Gasteiger partial charge in [0.1, 0.15) is 5.82 Å². The molecule has 0 spiro atoms. The van der Waals surface area contributed by atoms with Crippen LogP contribution in [0.4, 0.5) is 4.39 Å². The molecule has 1 aromatic carbocycles. The third-order valence-corrected chi connectivity index (χ3v) is 2.54. The molecular formula is C10H10BrF. The Morgan fingerprint density at radius 3 is 2.92 bits per heavy atom. The fourth-order valence-corrected chi connectivity index (χ4v) is 1.46. The van der Waals surface area contributed by atoms with Gasteiger partial charge in [-0.25, -0.2) is 4.39 Å². The number of rotatable bonds is 3. The summed E-state index contributed by atoms with van der Waals surface area (Å²) in [6.07, 6.45) is 3.54. The summed E-state index contributed by atoms with van der Waals surface area (Å²) in [5.74, 6) is -0.198. The minimum absolute atomic E-state index is 0.198. The van der Waals surface area contributed by atoms with Crippen LogP contribution in [0.3, 0.4) is 0 Å². The first kappa shape index (κ1) is 9.46. The highest BCUT2D eigenvalue weighted by molar-refractivity contribution is 9.10. The van der Waals surface area contributed by atoms with Gasteiger partial charge in [-0.2, -0.15) is 0 Å². The molecule has 0 heterocycles. The normalized spacial score (nSPS) is 9.83. The molecule has 0 saturated heterocycles. The number of halogens is 2. The summed E-state index contributed by atoms with van der Waals surface area (Å²) in [5, 5.41) is 0. The smallest absolute Gasteiger partial charge is 0.137 e. The SMILES string of the molecule is C=CCCc1cccc(F)c1Br. The number of benzene rings is 1. The van der Waals surface area contributed by atoms with Crippen molar-refractivity contribution in [3.05, 3.63) is 46.7 Å². The van der Waals surface area contributed by atoms with Crippen molar-refractivity contribution in [2.45, 2.75) is 12.8 Å². The van der Waals surface area contributed by atoms with Gasteiger partial charge in [0, 0.05) is 0 Å². The Morgan fingerprint density at radius 1 is 1.50 bits per heavy atom. The van der Waals surface area contributed by atoms with Crippen LogP contribution in [0.1, 0.15) is 12.0 Å². The summed E-state index contributed by atoms with van der Waals surface area (Å²) in [6.45, 7) is 3.62. The molecule has 0 atom stereocenters. The zero-order chi connectivity index (χ0) is 8.97. The summed E-state index contributed by atoms with van der Waals surface area (Å²) < 4.78 is 13.5. The molecule has 1 rings (SSSR count). The van der Waals surface area contributed by atoms with Gasteiger partial charge in [0.25, 0.3) is 0 Å². The van der Waals surface area contributed by atoms with Crippen molar-refractivity contribution in [1.29, 1.82) is 0 Å². The van der Waals surface area contributed by atoms with E-state index < -0.39 is 0 Å². The fraction of sp³-hybridized carbons (Fsp3) is 0.200. The lowest BCUT2D eigenvalue weighted by Gasteiger charge is -2.02. The molecule has 0 aromatic heterocycles. The second kappa shape index (κ2) is 4.41. The molecule has 0 radical (unpaired) electrons. The van der Waals surface area contributed by atoms with Crippen LogP contribution in [0.5, 0.6) is 0 Å². The molecule has 12 heavy (non-hydrogen) atoms. The van der Waals surface area contributed by atoms with Crippen molar-refractivity contribution in [3.8, 4) is 0 Å². The van der Waals surface area contributed by atoms with Crippen LogP contribution < -0.4 is 0 Å². The van der Waals surface area contributed by atoms with Crippen LogP contribution in [0.15, 0.2) is 35.3 Å². The molecule has 1 aromatic rings. The second-order valence-electron chi connectivity index (χ2n) is 2.54.